The molecule has 0 atom stereocenters. The molecule has 0 unspecified atom stereocenters. The monoisotopic (exact) mass is 249 g/mol. The lowest BCUT2D eigenvalue weighted by atomic mass is 9.69. The van der Waals surface area contributed by atoms with Crippen LogP contribution in [0.4, 0.5) is 5.82 Å². The first-order valence-electron chi connectivity index (χ1n) is 7.09. The second-order valence-electron chi connectivity index (χ2n) is 6.90. The summed E-state index contributed by atoms with van der Waals surface area (Å²) in [6, 6.07) is 0. The van der Waals surface area contributed by atoms with Gasteiger partial charge in [-0.15, -0.1) is 0 Å². The topological polar surface area (TPSA) is 43.8 Å². The number of aromatic nitrogens is 2. The van der Waals surface area contributed by atoms with Gasteiger partial charge in [0.1, 0.15) is 11.6 Å². The zero-order valence-electron chi connectivity index (χ0n) is 12.5. The average Bonchev–Trinajstić information content (AvgIpc) is 2.56. The Kier molecular flexibility index (Phi) is 3.43. The number of nitrogen functional groups attached to an aromatic ring is 1. The first-order valence-corrected chi connectivity index (χ1v) is 7.09. The van der Waals surface area contributed by atoms with E-state index < -0.39 is 0 Å². The summed E-state index contributed by atoms with van der Waals surface area (Å²) in [5, 5.41) is 0. The van der Waals surface area contributed by atoms with Gasteiger partial charge in [0.2, 0.25) is 0 Å². The van der Waals surface area contributed by atoms with Crippen molar-refractivity contribution in [3.8, 4) is 0 Å². The highest BCUT2D eigenvalue weighted by atomic mass is 15.1. The minimum Gasteiger partial charge on any atom is -0.384 e. The summed E-state index contributed by atoms with van der Waals surface area (Å²) >= 11 is 0. The van der Waals surface area contributed by atoms with Crippen LogP contribution in [0.25, 0.3) is 0 Å². The Morgan fingerprint density at radius 1 is 1.17 bits per heavy atom. The smallest absolute Gasteiger partial charge is 0.126 e. The van der Waals surface area contributed by atoms with Crippen LogP contribution in [-0.2, 0) is 7.05 Å². The van der Waals surface area contributed by atoms with Crippen LogP contribution in [0.1, 0.15) is 63.9 Å². The zero-order chi connectivity index (χ0) is 13.5. The van der Waals surface area contributed by atoms with E-state index in [1.54, 1.807) is 0 Å². The highest BCUT2D eigenvalue weighted by Crippen LogP contribution is 2.43. The molecular weight excluding hydrogens is 222 g/mol. The molecule has 3 nitrogen and oxygen atoms in total. The Hall–Kier alpha value is -0.990. The van der Waals surface area contributed by atoms with E-state index in [4.69, 9.17) is 5.73 Å². The van der Waals surface area contributed by atoms with Gasteiger partial charge in [0.15, 0.2) is 0 Å². The van der Waals surface area contributed by atoms with E-state index in [1.807, 2.05) is 18.5 Å². The van der Waals surface area contributed by atoms with E-state index in [2.05, 4.69) is 25.8 Å². The van der Waals surface area contributed by atoms with Crippen LogP contribution in [0, 0.1) is 18.3 Å². The summed E-state index contributed by atoms with van der Waals surface area (Å²) in [5.74, 6) is 3.32. The molecule has 102 valence electrons. The number of imidazole rings is 1. The third-order valence-electron chi connectivity index (χ3n) is 4.73. The highest BCUT2D eigenvalue weighted by molar-refractivity contribution is 5.40. The van der Waals surface area contributed by atoms with Crippen molar-refractivity contribution in [1.82, 2.24) is 9.55 Å². The normalized spacial score (nSPS) is 25.4. The van der Waals surface area contributed by atoms with Gasteiger partial charge in [-0.1, -0.05) is 20.8 Å². The summed E-state index contributed by atoms with van der Waals surface area (Å²) in [7, 11) is 2.00. The molecule has 2 N–H and O–H groups in total. The maximum Gasteiger partial charge on any atom is 0.126 e. The third-order valence-corrected chi connectivity index (χ3v) is 4.73. The molecular formula is C15H27N3. The highest BCUT2D eigenvalue weighted by Gasteiger charge is 2.32. The Bertz CT molecular complexity index is 418. The number of nitrogens with zero attached hydrogens (tertiary/aromatic N) is 2. The second kappa shape index (κ2) is 4.60. The summed E-state index contributed by atoms with van der Waals surface area (Å²) in [6.45, 7) is 9.10. The molecule has 1 aliphatic rings. The molecule has 1 aromatic heterocycles. The number of rotatable bonds is 1. The lowest BCUT2D eigenvalue weighted by Crippen LogP contribution is -2.25. The van der Waals surface area contributed by atoms with E-state index >= 15 is 0 Å². The van der Waals surface area contributed by atoms with Crippen LogP contribution in [0.5, 0.6) is 0 Å². The maximum atomic E-state index is 6.16. The Labute approximate surface area is 111 Å². The van der Waals surface area contributed by atoms with Crippen molar-refractivity contribution < 1.29 is 0 Å². The summed E-state index contributed by atoms with van der Waals surface area (Å²) in [5.41, 5.74) is 7.74. The van der Waals surface area contributed by atoms with E-state index in [9.17, 15) is 0 Å². The predicted molar refractivity (Wildman–Crippen MR) is 76.5 cm³/mol. The van der Waals surface area contributed by atoms with Crippen molar-refractivity contribution in [2.75, 3.05) is 5.73 Å². The molecule has 0 spiro atoms. The van der Waals surface area contributed by atoms with Crippen molar-refractivity contribution in [2.45, 2.75) is 59.3 Å². The van der Waals surface area contributed by atoms with Crippen molar-refractivity contribution in [3.63, 3.8) is 0 Å². The number of hydrogen-bond donors (Lipinski definition) is 1. The van der Waals surface area contributed by atoms with E-state index in [-0.39, 0.29) is 0 Å². The molecule has 1 heterocycles. The van der Waals surface area contributed by atoms with Gasteiger partial charge in [-0.2, -0.15) is 0 Å². The first kappa shape index (κ1) is 13.4. The molecule has 0 radical (unpaired) electrons. The molecule has 0 amide bonds. The fourth-order valence-electron chi connectivity index (χ4n) is 3.19. The van der Waals surface area contributed by atoms with E-state index in [1.165, 1.54) is 25.7 Å². The molecule has 0 bridgehead atoms. The fraction of sp³-hybridized carbons (Fsp3) is 0.800. The molecule has 1 aliphatic carbocycles. The number of nitrogens with two attached hydrogens (primary N) is 1. The van der Waals surface area contributed by atoms with Crippen LogP contribution in [0.2, 0.25) is 0 Å². The molecule has 0 aliphatic heterocycles. The van der Waals surface area contributed by atoms with Gasteiger partial charge in [-0.05, 0) is 43.9 Å². The van der Waals surface area contributed by atoms with Crippen LogP contribution in [0.3, 0.4) is 0 Å². The van der Waals surface area contributed by atoms with Crippen molar-refractivity contribution in [2.24, 2.45) is 18.4 Å². The van der Waals surface area contributed by atoms with Gasteiger partial charge in [-0.25, -0.2) is 4.98 Å². The predicted octanol–water partition coefficient (Wildman–Crippen LogP) is 3.63. The Balaban J connectivity index is 2.08. The summed E-state index contributed by atoms with van der Waals surface area (Å²) < 4.78 is 2.01. The first-order chi connectivity index (χ1) is 8.30. The molecule has 0 aromatic carbocycles. The number of anilines is 1. The van der Waals surface area contributed by atoms with Gasteiger partial charge >= 0.3 is 0 Å². The summed E-state index contributed by atoms with van der Waals surface area (Å²) in [6.07, 6.45) is 5.09. The molecule has 1 fully saturated rings. The van der Waals surface area contributed by atoms with Crippen molar-refractivity contribution >= 4 is 5.82 Å². The van der Waals surface area contributed by atoms with Gasteiger partial charge in [0.05, 0.1) is 5.69 Å². The SMILES string of the molecule is Cc1nc(C2CCC(C(C)(C)C)CC2)c(N)n1C. The minimum atomic E-state index is 0.441. The summed E-state index contributed by atoms with van der Waals surface area (Å²) in [4.78, 5) is 4.66. The zero-order valence-corrected chi connectivity index (χ0v) is 12.5. The molecule has 3 heteroatoms. The van der Waals surface area contributed by atoms with Gasteiger partial charge in [0, 0.05) is 13.0 Å². The van der Waals surface area contributed by atoms with Gasteiger partial charge in [-0.3, -0.25) is 0 Å². The fourth-order valence-corrected chi connectivity index (χ4v) is 3.19. The van der Waals surface area contributed by atoms with Crippen molar-refractivity contribution in [3.05, 3.63) is 11.5 Å². The molecule has 1 saturated carbocycles. The van der Waals surface area contributed by atoms with Crippen LogP contribution >= 0.6 is 0 Å². The lowest BCUT2D eigenvalue weighted by molar-refractivity contribution is 0.168. The quantitative estimate of drug-likeness (QED) is 0.826. The minimum absolute atomic E-state index is 0.441. The Morgan fingerprint density at radius 3 is 2.11 bits per heavy atom. The molecule has 2 rings (SSSR count). The van der Waals surface area contributed by atoms with Crippen molar-refractivity contribution in [1.29, 1.82) is 0 Å². The maximum absolute atomic E-state index is 6.16. The molecule has 18 heavy (non-hydrogen) atoms. The van der Waals surface area contributed by atoms with Crippen LogP contribution in [-0.4, -0.2) is 9.55 Å². The van der Waals surface area contributed by atoms with E-state index in [0.717, 1.165) is 23.3 Å². The second-order valence-corrected chi connectivity index (χ2v) is 6.90. The molecule has 0 saturated heterocycles. The largest absolute Gasteiger partial charge is 0.384 e. The number of hydrogen-bond acceptors (Lipinski definition) is 2. The van der Waals surface area contributed by atoms with E-state index in [0.29, 0.717) is 11.3 Å². The standard InChI is InChI=1S/C15H27N3/c1-10-17-13(14(16)18(10)5)11-6-8-12(9-7-11)15(2,3)4/h11-12H,6-9,16H2,1-5H3. The lowest BCUT2D eigenvalue weighted by Gasteiger charge is -2.36. The van der Waals surface area contributed by atoms with Crippen LogP contribution in [0.15, 0.2) is 0 Å². The van der Waals surface area contributed by atoms with Gasteiger partial charge < -0.3 is 10.3 Å². The number of aryl methyl sites for hydroxylation is 1. The van der Waals surface area contributed by atoms with Crippen LogP contribution < -0.4 is 5.73 Å². The Morgan fingerprint density at radius 2 is 1.72 bits per heavy atom. The third kappa shape index (κ3) is 2.40. The van der Waals surface area contributed by atoms with Gasteiger partial charge in [0.25, 0.3) is 0 Å². The molecule has 1 aromatic rings. The average molecular weight is 249 g/mol.